The van der Waals surface area contributed by atoms with Crippen molar-refractivity contribution in [3.05, 3.63) is 338 Å². The van der Waals surface area contributed by atoms with Crippen molar-refractivity contribution in [2.24, 2.45) is 0 Å². The molecule has 0 fully saturated rings. The second kappa shape index (κ2) is 24.4. The number of benzene rings is 12. The molecule has 0 radical (unpaired) electrons. The molecule has 2 aliphatic carbocycles. The molecule has 2 aliphatic rings. The minimum atomic E-state index is -0.108. The summed E-state index contributed by atoms with van der Waals surface area (Å²) in [6.07, 6.45) is 7.09. The van der Waals surface area contributed by atoms with E-state index in [2.05, 4.69) is 292 Å². The van der Waals surface area contributed by atoms with E-state index < -0.39 is 0 Å². The van der Waals surface area contributed by atoms with Gasteiger partial charge >= 0.3 is 0 Å². The lowest BCUT2D eigenvalue weighted by molar-refractivity contribution is 0.661. The molecule has 464 valence electrons. The third-order valence-electron chi connectivity index (χ3n) is 19.6. The molecule has 0 N–H and O–H groups in total. The zero-order valence-electron chi connectivity index (χ0n) is 54.6. The Balaban J connectivity index is 0.000000147. The highest BCUT2D eigenvalue weighted by Gasteiger charge is 2.38. The number of rotatable bonds is 10. The third kappa shape index (κ3) is 10.8. The second-order valence-electron chi connectivity index (χ2n) is 26.3. The van der Waals surface area contributed by atoms with Crippen molar-refractivity contribution in [1.82, 2.24) is 39.9 Å². The van der Waals surface area contributed by atoms with Crippen molar-refractivity contribution in [3.8, 4) is 135 Å². The van der Waals surface area contributed by atoms with Crippen LogP contribution in [0.4, 0.5) is 0 Å². The molecule has 0 spiro atoms. The van der Waals surface area contributed by atoms with Gasteiger partial charge in [-0.15, -0.1) is 0 Å². The van der Waals surface area contributed by atoms with E-state index in [1.54, 1.807) is 24.8 Å². The minimum Gasteiger partial charge on any atom is -0.265 e. The molecule has 0 saturated heterocycles. The van der Waals surface area contributed by atoms with Gasteiger partial charge in [0.25, 0.3) is 0 Å². The highest BCUT2D eigenvalue weighted by molar-refractivity contribution is 6.03. The van der Waals surface area contributed by atoms with Gasteiger partial charge in [0.15, 0.2) is 34.9 Å². The summed E-state index contributed by atoms with van der Waals surface area (Å²) in [6, 6.07) is 103. The number of hydrogen-bond donors (Lipinski definition) is 0. The Kier molecular flexibility index (Phi) is 14.7. The van der Waals surface area contributed by atoms with Gasteiger partial charge in [0.1, 0.15) is 0 Å². The Labute approximate surface area is 569 Å². The minimum absolute atomic E-state index is 0.0902. The third-order valence-corrected chi connectivity index (χ3v) is 19.6. The van der Waals surface area contributed by atoms with E-state index in [-0.39, 0.29) is 10.8 Å². The van der Waals surface area contributed by atoms with Crippen LogP contribution in [0.15, 0.2) is 316 Å². The topological polar surface area (TPSA) is 103 Å². The van der Waals surface area contributed by atoms with Crippen molar-refractivity contribution in [1.29, 1.82) is 0 Å². The van der Waals surface area contributed by atoms with Crippen molar-refractivity contribution < 1.29 is 0 Å². The van der Waals surface area contributed by atoms with Gasteiger partial charge in [-0.3, -0.25) is 9.97 Å². The number of hydrogen-bond acceptors (Lipinski definition) is 8. The van der Waals surface area contributed by atoms with Crippen LogP contribution in [0.1, 0.15) is 49.9 Å². The first kappa shape index (κ1) is 59.2. The highest BCUT2D eigenvalue weighted by Crippen LogP contribution is 2.54. The Morgan fingerprint density at radius 3 is 1.16 bits per heavy atom. The van der Waals surface area contributed by atoms with Crippen molar-refractivity contribution in [2.45, 2.75) is 38.5 Å². The molecule has 98 heavy (non-hydrogen) atoms. The van der Waals surface area contributed by atoms with Gasteiger partial charge in [-0.1, -0.05) is 270 Å². The van der Waals surface area contributed by atoms with Crippen LogP contribution in [0.5, 0.6) is 0 Å². The predicted octanol–water partition coefficient (Wildman–Crippen LogP) is 22.1. The smallest absolute Gasteiger partial charge is 0.165 e. The summed E-state index contributed by atoms with van der Waals surface area (Å²) < 4.78 is 0. The van der Waals surface area contributed by atoms with Gasteiger partial charge < -0.3 is 0 Å². The number of nitrogens with zero attached hydrogens (tertiary/aromatic N) is 8. The summed E-state index contributed by atoms with van der Waals surface area (Å²) >= 11 is 0. The standard InChI is InChI=1S/2C45H32N4/c1-45(2)40-27-34(22-23-38(40)39-24-21-31-12-6-7-16-37(31)41(39)45)30-17-19-32(20-18-30)42-47-43(49-44(48-42)36-15-9-25-46-28-36)35-14-8-13-33(26-35)29-10-4-3-5-11-29;1-45(2)39-22-20-31-11-6-7-14-37(31)41(39)38-21-19-35(28-40(38)45)30-15-17-32(18-16-30)42-47-43(33-23-25-46-26-24-33)49-44(48-42)36-13-8-12-34(27-36)29-9-4-3-5-10-29/h2*3-28H,1-2H3. The Morgan fingerprint density at radius 1 is 0.224 bits per heavy atom. The fourth-order valence-electron chi connectivity index (χ4n) is 14.5. The van der Waals surface area contributed by atoms with Crippen LogP contribution in [0.2, 0.25) is 0 Å². The summed E-state index contributed by atoms with van der Waals surface area (Å²) in [4.78, 5) is 38.3. The van der Waals surface area contributed by atoms with Crippen LogP contribution in [0, 0.1) is 0 Å². The summed E-state index contributed by atoms with van der Waals surface area (Å²) in [5, 5.41) is 5.22. The van der Waals surface area contributed by atoms with Crippen molar-refractivity contribution in [2.75, 3.05) is 0 Å². The Hall–Kier alpha value is -12.5. The molecule has 0 saturated carbocycles. The maximum Gasteiger partial charge on any atom is 0.165 e. The van der Waals surface area contributed by atoms with Crippen LogP contribution in [-0.2, 0) is 10.8 Å². The molecule has 18 rings (SSSR count). The first-order chi connectivity index (χ1) is 48.1. The van der Waals surface area contributed by atoms with E-state index in [1.807, 2.05) is 36.4 Å². The highest BCUT2D eigenvalue weighted by atomic mass is 15.0. The molecule has 0 aliphatic heterocycles. The fraction of sp³-hybridized carbons (Fsp3) is 0.0667. The molecule has 4 aromatic heterocycles. The first-order valence-electron chi connectivity index (χ1n) is 33.3. The van der Waals surface area contributed by atoms with Crippen LogP contribution in [0.3, 0.4) is 0 Å². The normalized spacial score (nSPS) is 12.9. The lowest BCUT2D eigenvalue weighted by Gasteiger charge is -2.23. The number of aromatic nitrogens is 8. The van der Waals surface area contributed by atoms with E-state index >= 15 is 0 Å². The second-order valence-corrected chi connectivity index (χ2v) is 26.3. The van der Waals surface area contributed by atoms with Gasteiger partial charge in [-0.25, -0.2) is 29.9 Å². The quantitative estimate of drug-likeness (QED) is 0.133. The van der Waals surface area contributed by atoms with Crippen LogP contribution in [-0.4, -0.2) is 39.9 Å². The zero-order valence-corrected chi connectivity index (χ0v) is 54.6. The molecule has 8 heteroatoms. The lowest BCUT2D eigenvalue weighted by Crippen LogP contribution is -2.15. The molecule has 0 atom stereocenters. The maximum absolute atomic E-state index is 5.01. The number of pyridine rings is 2. The molecule has 0 bridgehead atoms. The molecule has 4 heterocycles. The van der Waals surface area contributed by atoms with Crippen LogP contribution in [0.25, 0.3) is 157 Å². The fourth-order valence-corrected chi connectivity index (χ4v) is 14.5. The average molecular weight is 1260 g/mol. The summed E-state index contributed by atoms with van der Waals surface area (Å²) in [5.41, 5.74) is 25.4. The van der Waals surface area contributed by atoms with Gasteiger partial charge in [-0.05, 0) is 159 Å². The van der Waals surface area contributed by atoms with E-state index in [4.69, 9.17) is 29.9 Å². The SMILES string of the molecule is CC1(C)c2cc(-c3ccc(-c4nc(-c5cccnc5)nc(-c5cccc(-c6ccccc6)c5)n4)cc3)ccc2-c2ccc3ccccc3c21.CC1(C)c2cc(-c3ccc(-c4nc(-c5ccncc5)nc(-c5cccc(-c6ccccc6)c5)n4)cc3)ccc2-c2c1ccc1ccccc21. The summed E-state index contributed by atoms with van der Waals surface area (Å²) in [7, 11) is 0. The summed E-state index contributed by atoms with van der Waals surface area (Å²) in [5.74, 6) is 3.72. The Bertz CT molecular complexity index is 5720. The molecular weight excluding hydrogens is 1190 g/mol. The molecule has 0 unspecified atom stereocenters. The molecule has 8 nitrogen and oxygen atoms in total. The maximum atomic E-state index is 5.01. The van der Waals surface area contributed by atoms with Gasteiger partial charge in [0.05, 0.1) is 0 Å². The van der Waals surface area contributed by atoms with Gasteiger partial charge in [0, 0.05) is 69.0 Å². The van der Waals surface area contributed by atoms with Gasteiger partial charge in [-0.2, -0.15) is 0 Å². The number of fused-ring (bicyclic) bond motifs is 10. The Morgan fingerprint density at radius 2 is 0.612 bits per heavy atom. The monoisotopic (exact) mass is 1260 g/mol. The summed E-state index contributed by atoms with van der Waals surface area (Å²) in [6.45, 7) is 9.39. The van der Waals surface area contributed by atoms with Gasteiger partial charge in [0.2, 0.25) is 0 Å². The van der Waals surface area contributed by atoms with Crippen molar-refractivity contribution >= 4 is 21.5 Å². The lowest BCUT2D eigenvalue weighted by atomic mass is 9.79. The molecule has 12 aromatic carbocycles. The molecule has 0 amide bonds. The van der Waals surface area contributed by atoms with E-state index in [0.29, 0.717) is 34.9 Å². The van der Waals surface area contributed by atoms with E-state index in [0.717, 1.165) is 66.8 Å². The van der Waals surface area contributed by atoms with Crippen LogP contribution < -0.4 is 0 Å². The molecule has 16 aromatic rings. The van der Waals surface area contributed by atoms with Crippen LogP contribution >= 0.6 is 0 Å². The zero-order chi connectivity index (χ0) is 65.9. The molecular formula is C90H64N8. The van der Waals surface area contributed by atoms with E-state index in [9.17, 15) is 0 Å². The van der Waals surface area contributed by atoms with Crippen molar-refractivity contribution in [3.63, 3.8) is 0 Å². The van der Waals surface area contributed by atoms with E-state index in [1.165, 1.54) is 77.2 Å². The largest absolute Gasteiger partial charge is 0.265 e. The first-order valence-corrected chi connectivity index (χ1v) is 33.3. The predicted molar refractivity (Wildman–Crippen MR) is 400 cm³/mol. The average Bonchev–Trinajstić information content (AvgIpc) is 1.57.